The van der Waals surface area contributed by atoms with Gasteiger partial charge in [-0.25, -0.2) is 14.4 Å². The molecule has 2 aliphatic rings. The van der Waals surface area contributed by atoms with Crippen LogP contribution >= 0.6 is 0 Å². The molecule has 0 amide bonds. The van der Waals surface area contributed by atoms with E-state index in [2.05, 4.69) is 37.6 Å². The lowest BCUT2D eigenvalue weighted by Gasteiger charge is -2.34. The second-order valence-corrected chi connectivity index (χ2v) is 9.61. The number of nitrogens with one attached hydrogen (secondary N) is 2. The number of nitriles is 2. The third kappa shape index (κ3) is 4.47. The van der Waals surface area contributed by atoms with Crippen molar-refractivity contribution in [2.24, 2.45) is 0 Å². The van der Waals surface area contributed by atoms with Crippen molar-refractivity contribution in [3.05, 3.63) is 64.8 Å². The lowest BCUT2D eigenvalue weighted by atomic mass is 9.83. The van der Waals surface area contributed by atoms with Gasteiger partial charge in [-0.3, -0.25) is 4.90 Å². The molecule has 0 spiro atoms. The minimum atomic E-state index is -0.744. The monoisotopic (exact) mass is 483 g/mol. The molecule has 5 rings (SSSR count). The molecule has 3 heterocycles. The van der Waals surface area contributed by atoms with Crippen molar-refractivity contribution in [3.8, 4) is 23.4 Å². The van der Waals surface area contributed by atoms with Gasteiger partial charge in [0, 0.05) is 49.0 Å². The average Bonchev–Trinajstić information content (AvgIpc) is 3.23. The number of alkyl halides is 1. The SMILES string of the molecule is C[C@]1(CO)CNc2c(C#N)cc(-c3ccnc(Nc4cc(C#N)ccc4CCN4CC(F)C4)n3)cc21. The molecule has 8 nitrogen and oxygen atoms in total. The Kier molecular flexibility index (Phi) is 6.27. The zero-order chi connectivity index (χ0) is 25.3. The van der Waals surface area contributed by atoms with E-state index in [0.29, 0.717) is 48.8 Å². The van der Waals surface area contributed by atoms with E-state index in [4.69, 9.17) is 0 Å². The molecule has 9 heteroatoms. The Labute approximate surface area is 209 Å². The molecule has 1 atom stereocenters. The van der Waals surface area contributed by atoms with Crippen LogP contribution in [0, 0.1) is 22.7 Å². The lowest BCUT2D eigenvalue weighted by Crippen LogP contribution is -2.48. The molecule has 0 radical (unpaired) electrons. The number of hydrogen-bond donors (Lipinski definition) is 3. The highest BCUT2D eigenvalue weighted by Gasteiger charge is 2.36. The summed E-state index contributed by atoms with van der Waals surface area (Å²) in [4.78, 5) is 11.1. The summed E-state index contributed by atoms with van der Waals surface area (Å²) in [6.45, 7) is 4.11. The molecule has 0 saturated carbocycles. The van der Waals surface area contributed by atoms with E-state index < -0.39 is 11.6 Å². The summed E-state index contributed by atoms with van der Waals surface area (Å²) < 4.78 is 13.2. The minimum Gasteiger partial charge on any atom is -0.395 e. The Hall–Kier alpha value is -4.05. The molecule has 1 aromatic heterocycles. The maximum Gasteiger partial charge on any atom is 0.227 e. The fraction of sp³-hybridized carbons (Fsp3) is 0.333. The largest absolute Gasteiger partial charge is 0.395 e. The Balaban J connectivity index is 1.44. The number of aliphatic hydroxyl groups is 1. The molecule has 2 aliphatic heterocycles. The maximum absolute atomic E-state index is 13.2. The highest BCUT2D eigenvalue weighted by molar-refractivity contribution is 5.76. The fourth-order valence-corrected chi connectivity index (χ4v) is 4.71. The van der Waals surface area contributed by atoms with E-state index >= 15 is 0 Å². The molecule has 36 heavy (non-hydrogen) atoms. The first-order valence-corrected chi connectivity index (χ1v) is 11.9. The number of halogens is 1. The van der Waals surface area contributed by atoms with E-state index in [0.717, 1.165) is 34.6 Å². The Morgan fingerprint density at radius 3 is 2.78 bits per heavy atom. The van der Waals surface area contributed by atoms with Gasteiger partial charge in [0.1, 0.15) is 12.2 Å². The molecule has 0 unspecified atom stereocenters. The second kappa shape index (κ2) is 9.54. The lowest BCUT2D eigenvalue weighted by molar-refractivity contribution is 0.0671. The molecular weight excluding hydrogens is 457 g/mol. The van der Waals surface area contributed by atoms with Gasteiger partial charge in [0.05, 0.1) is 35.2 Å². The molecule has 0 bridgehead atoms. The summed E-state index contributed by atoms with van der Waals surface area (Å²) in [5.41, 5.74) is 5.26. The van der Waals surface area contributed by atoms with Gasteiger partial charge in [0.2, 0.25) is 5.95 Å². The van der Waals surface area contributed by atoms with Gasteiger partial charge in [-0.2, -0.15) is 10.5 Å². The van der Waals surface area contributed by atoms with Crippen LogP contribution < -0.4 is 10.6 Å². The Morgan fingerprint density at radius 2 is 2.06 bits per heavy atom. The normalized spacial score (nSPS) is 19.0. The first-order valence-electron chi connectivity index (χ1n) is 11.9. The van der Waals surface area contributed by atoms with Crippen LogP contribution in [0.1, 0.15) is 29.2 Å². The smallest absolute Gasteiger partial charge is 0.227 e. The average molecular weight is 484 g/mol. The summed E-state index contributed by atoms with van der Waals surface area (Å²) >= 11 is 0. The molecule has 0 aliphatic carbocycles. The van der Waals surface area contributed by atoms with Gasteiger partial charge in [-0.05, 0) is 47.9 Å². The second-order valence-electron chi connectivity index (χ2n) is 9.61. The van der Waals surface area contributed by atoms with E-state index in [-0.39, 0.29) is 6.61 Å². The molecule has 3 aromatic rings. The van der Waals surface area contributed by atoms with E-state index in [1.54, 1.807) is 30.5 Å². The highest BCUT2D eigenvalue weighted by Crippen LogP contribution is 2.41. The quantitative estimate of drug-likeness (QED) is 0.467. The van der Waals surface area contributed by atoms with Gasteiger partial charge in [0.25, 0.3) is 0 Å². The third-order valence-electron chi connectivity index (χ3n) is 6.96. The fourth-order valence-electron chi connectivity index (χ4n) is 4.71. The molecular formula is C27H26FN7O. The van der Waals surface area contributed by atoms with Crippen LogP contribution in [0.2, 0.25) is 0 Å². The van der Waals surface area contributed by atoms with E-state index in [1.807, 2.05) is 19.1 Å². The third-order valence-corrected chi connectivity index (χ3v) is 6.96. The van der Waals surface area contributed by atoms with E-state index in [1.165, 1.54) is 0 Å². The zero-order valence-electron chi connectivity index (χ0n) is 19.9. The number of anilines is 3. The summed E-state index contributed by atoms with van der Waals surface area (Å²) in [6, 6.07) is 15.4. The van der Waals surface area contributed by atoms with Crippen molar-refractivity contribution >= 4 is 17.3 Å². The van der Waals surface area contributed by atoms with Crippen molar-refractivity contribution in [1.29, 1.82) is 10.5 Å². The molecule has 3 N–H and O–H groups in total. The van der Waals surface area contributed by atoms with Crippen molar-refractivity contribution in [3.63, 3.8) is 0 Å². The first kappa shape index (κ1) is 23.7. The first-order chi connectivity index (χ1) is 17.4. The number of hydrogen-bond acceptors (Lipinski definition) is 8. The molecule has 1 saturated heterocycles. The minimum absolute atomic E-state index is 0.0423. The van der Waals surface area contributed by atoms with Crippen LogP contribution in [0.3, 0.4) is 0 Å². The van der Waals surface area contributed by atoms with Crippen molar-refractivity contribution < 1.29 is 9.50 Å². The van der Waals surface area contributed by atoms with Crippen molar-refractivity contribution in [2.75, 3.05) is 43.4 Å². The summed E-state index contributed by atoms with van der Waals surface area (Å²) in [7, 11) is 0. The number of aliphatic hydroxyl groups excluding tert-OH is 1. The highest BCUT2D eigenvalue weighted by atomic mass is 19.1. The number of likely N-dealkylation sites (tertiary alicyclic amines) is 1. The van der Waals surface area contributed by atoms with Crippen molar-refractivity contribution in [1.82, 2.24) is 14.9 Å². The zero-order valence-corrected chi connectivity index (χ0v) is 19.9. The maximum atomic E-state index is 13.2. The summed E-state index contributed by atoms with van der Waals surface area (Å²) in [5.74, 6) is 0.360. The van der Waals surface area contributed by atoms with Gasteiger partial charge >= 0.3 is 0 Å². The van der Waals surface area contributed by atoms with Crippen LogP contribution in [0.4, 0.5) is 21.7 Å². The van der Waals surface area contributed by atoms with Crippen LogP contribution in [0.15, 0.2) is 42.6 Å². The summed E-state index contributed by atoms with van der Waals surface area (Å²) in [5, 5.41) is 35.6. The number of nitrogens with zero attached hydrogens (tertiary/aromatic N) is 5. The standard InChI is InChI=1S/C27H26FN7O/c1-27(16-36)15-32-25-20(12-30)9-19(10-22(25)27)23-4-6-31-26(33-23)34-24-8-17(11-29)2-3-18(24)5-7-35-13-21(28)14-35/h2-4,6,8-10,21,32,36H,5,7,13-16H2,1H3,(H,31,33,34)/t27-/m1/s1. The number of rotatable bonds is 7. The van der Waals surface area contributed by atoms with Gasteiger partial charge in [-0.1, -0.05) is 13.0 Å². The van der Waals surface area contributed by atoms with Crippen LogP contribution in [-0.2, 0) is 11.8 Å². The van der Waals surface area contributed by atoms with Crippen LogP contribution in [0.25, 0.3) is 11.3 Å². The number of benzene rings is 2. The molecule has 182 valence electrons. The predicted molar refractivity (Wildman–Crippen MR) is 135 cm³/mol. The molecule has 2 aromatic carbocycles. The van der Waals surface area contributed by atoms with Gasteiger partial charge in [0.15, 0.2) is 0 Å². The van der Waals surface area contributed by atoms with Crippen molar-refractivity contribution in [2.45, 2.75) is 24.9 Å². The van der Waals surface area contributed by atoms with Crippen LogP contribution in [0.5, 0.6) is 0 Å². The Morgan fingerprint density at radius 1 is 1.22 bits per heavy atom. The van der Waals surface area contributed by atoms with Gasteiger partial charge in [-0.15, -0.1) is 0 Å². The number of aromatic nitrogens is 2. The predicted octanol–water partition coefficient (Wildman–Crippen LogP) is 3.50. The molecule has 1 fully saturated rings. The van der Waals surface area contributed by atoms with Crippen LogP contribution in [-0.4, -0.2) is 58.9 Å². The Bertz CT molecular complexity index is 1390. The van der Waals surface area contributed by atoms with E-state index in [9.17, 15) is 20.0 Å². The summed E-state index contributed by atoms with van der Waals surface area (Å²) in [6.07, 6.45) is 1.60. The number of fused-ring (bicyclic) bond motifs is 1. The van der Waals surface area contributed by atoms with Gasteiger partial charge < -0.3 is 15.7 Å². The topological polar surface area (TPSA) is 121 Å².